The minimum atomic E-state index is -0.145. The summed E-state index contributed by atoms with van der Waals surface area (Å²) in [6, 6.07) is 4.05. The van der Waals surface area contributed by atoms with Gasteiger partial charge in [0.15, 0.2) is 11.5 Å². The molecule has 2 rings (SSSR count). The van der Waals surface area contributed by atoms with Crippen LogP contribution in [0.3, 0.4) is 0 Å². The van der Waals surface area contributed by atoms with Gasteiger partial charge >= 0.3 is 0 Å². The van der Waals surface area contributed by atoms with E-state index in [4.69, 9.17) is 14.2 Å². The maximum absolute atomic E-state index is 12.4. The summed E-state index contributed by atoms with van der Waals surface area (Å²) >= 11 is 0. The van der Waals surface area contributed by atoms with E-state index in [-0.39, 0.29) is 30.7 Å². The van der Waals surface area contributed by atoms with Gasteiger partial charge in [-0.05, 0) is 44.4 Å². The summed E-state index contributed by atoms with van der Waals surface area (Å²) in [6.45, 7) is 3.63. The summed E-state index contributed by atoms with van der Waals surface area (Å²) in [7, 11) is 4.62. The Morgan fingerprint density at radius 3 is 2.06 bits per heavy atom. The Balaban J connectivity index is 0.00000450. The van der Waals surface area contributed by atoms with Crippen LogP contribution in [0.25, 0.3) is 0 Å². The van der Waals surface area contributed by atoms with Crippen molar-refractivity contribution in [2.24, 2.45) is 0 Å². The van der Waals surface area contributed by atoms with Crippen LogP contribution in [0.2, 0.25) is 0 Å². The minimum Gasteiger partial charge on any atom is -0.493 e. The molecule has 180 valence electrons. The van der Waals surface area contributed by atoms with E-state index in [1.165, 1.54) is 46.3 Å². The van der Waals surface area contributed by atoms with E-state index in [1.807, 2.05) is 0 Å². The van der Waals surface area contributed by atoms with E-state index in [2.05, 4.69) is 16.0 Å². The van der Waals surface area contributed by atoms with Crippen LogP contribution in [0.5, 0.6) is 17.2 Å². The first kappa shape index (κ1) is 29.6. The van der Waals surface area contributed by atoms with Gasteiger partial charge in [-0.15, -0.1) is 24.8 Å². The maximum atomic E-state index is 12.4. The molecule has 0 unspecified atom stereocenters. The number of methoxy groups -OCH3 is 3. The molecule has 31 heavy (non-hydrogen) atoms. The summed E-state index contributed by atoms with van der Waals surface area (Å²) < 4.78 is 15.9. The highest BCUT2D eigenvalue weighted by molar-refractivity contribution is 5.95. The van der Waals surface area contributed by atoms with Crippen LogP contribution < -0.4 is 30.2 Å². The lowest BCUT2D eigenvalue weighted by Gasteiger charge is -2.22. The van der Waals surface area contributed by atoms with E-state index in [9.17, 15) is 4.79 Å². The largest absolute Gasteiger partial charge is 0.493 e. The number of ether oxygens (including phenoxy) is 3. The lowest BCUT2D eigenvalue weighted by atomic mass is 9.95. The quantitative estimate of drug-likeness (QED) is 0.375. The number of hydrogen-bond donors (Lipinski definition) is 3. The number of rotatable bonds is 13. The van der Waals surface area contributed by atoms with Gasteiger partial charge in [-0.1, -0.05) is 19.3 Å². The highest BCUT2D eigenvalue weighted by Gasteiger charge is 2.16. The minimum absolute atomic E-state index is 0. The normalized spacial score (nSPS) is 13.5. The fourth-order valence-corrected chi connectivity index (χ4v) is 3.69. The van der Waals surface area contributed by atoms with Crippen molar-refractivity contribution in [1.29, 1.82) is 0 Å². The van der Waals surface area contributed by atoms with Crippen LogP contribution in [0.4, 0.5) is 0 Å². The lowest BCUT2D eigenvalue weighted by molar-refractivity contribution is 0.0952. The Kier molecular flexibility index (Phi) is 16.4. The summed E-state index contributed by atoms with van der Waals surface area (Å²) in [5.41, 5.74) is 0.492. The van der Waals surface area contributed by atoms with Gasteiger partial charge in [-0.2, -0.15) is 0 Å². The molecule has 9 heteroatoms. The van der Waals surface area contributed by atoms with Gasteiger partial charge < -0.3 is 30.2 Å². The Labute approximate surface area is 199 Å². The second-order valence-electron chi connectivity index (χ2n) is 7.42. The van der Waals surface area contributed by atoms with Crippen molar-refractivity contribution in [3.8, 4) is 17.2 Å². The summed E-state index contributed by atoms with van der Waals surface area (Å²) in [5, 5.41) is 10.1. The molecule has 1 saturated carbocycles. The Morgan fingerprint density at radius 1 is 0.871 bits per heavy atom. The van der Waals surface area contributed by atoms with Crippen molar-refractivity contribution < 1.29 is 19.0 Å². The molecule has 0 heterocycles. The number of carbonyl (C=O) groups excluding carboxylic acids is 1. The molecule has 0 radical (unpaired) electrons. The number of amides is 1. The average molecular weight is 480 g/mol. The highest BCUT2D eigenvalue weighted by Crippen LogP contribution is 2.38. The smallest absolute Gasteiger partial charge is 0.251 e. The van der Waals surface area contributed by atoms with E-state index < -0.39 is 0 Å². The second-order valence-corrected chi connectivity index (χ2v) is 7.42. The second kappa shape index (κ2) is 17.2. The Morgan fingerprint density at radius 2 is 1.48 bits per heavy atom. The molecule has 1 fully saturated rings. The highest BCUT2D eigenvalue weighted by atomic mass is 35.5. The van der Waals surface area contributed by atoms with Crippen LogP contribution in [-0.4, -0.2) is 59.5 Å². The van der Waals surface area contributed by atoms with Gasteiger partial charge in [-0.25, -0.2) is 0 Å². The molecule has 3 N–H and O–H groups in total. The topological polar surface area (TPSA) is 80.9 Å². The molecule has 0 spiro atoms. The number of nitrogens with one attached hydrogen (secondary N) is 3. The monoisotopic (exact) mass is 479 g/mol. The van der Waals surface area contributed by atoms with Crippen LogP contribution in [0.1, 0.15) is 55.3 Å². The maximum Gasteiger partial charge on any atom is 0.251 e. The van der Waals surface area contributed by atoms with Gasteiger partial charge in [0, 0.05) is 31.2 Å². The third-order valence-electron chi connectivity index (χ3n) is 5.33. The van der Waals surface area contributed by atoms with Crippen molar-refractivity contribution in [1.82, 2.24) is 16.0 Å². The van der Waals surface area contributed by atoms with Crippen LogP contribution >= 0.6 is 24.8 Å². The van der Waals surface area contributed by atoms with Crippen LogP contribution in [-0.2, 0) is 0 Å². The summed E-state index contributed by atoms with van der Waals surface area (Å²) in [4.78, 5) is 12.4. The van der Waals surface area contributed by atoms with E-state index in [0.29, 0.717) is 29.4 Å². The standard InChI is InChI=1S/C22H37N3O4.2ClH/c1-27-19-15-17(16-20(28-2)21(19)29-3)22(26)25-12-8-7-11-23-13-14-24-18-9-5-4-6-10-18;;/h15-16,18,23-24H,4-14H2,1-3H3,(H,25,26);2*1H. The predicted molar refractivity (Wildman–Crippen MR) is 130 cm³/mol. The first-order chi connectivity index (χ1) is 14.2. The van der Waals surface area contributed by atoms with Gasteiger partial charge in [0.1, 0.15) is 0 Å². The third-order valence-corrected chi connectivity index (χ3v) is 5.33. The van der Waals surface area contributed by atoms with E-state index in [0.717, 1.165) is 38.5 Å². The molecule has 0 aromatic heterocycles. The molecule has 1 aliphatic rings. The summed E-state index contributed by atoms with van der Waals surface area (Å²) in [5.74, 6) is 1.29. The van der Waals surface area contributed by atoms with Gasteiger partial charge in [0.25, 0.3) is 5.91 Å². The van der Waals surface area contributed by atoms with Crippen LogP contribution in [0.15, 0.2) is 12.1 Å². The van der Waals surface area contributed by atoms with E-state index >= 15 is 0 Å². The van der Waals surface area contributed by atoms with Crippen LogP contribution in [0, 0.1) is 0 Å². The molecule has 0 bridgehead atoms. The van der Waals surface area contributed by atoms with Crippen molar-refractivity contribution in [3.05, 3.63) is 17.7 Å². The SMILES string of the molecule is COc1cc(C(=O)NCCCCNCCNC2CCCCC2)cc(OC)c1OC.Cl.Cl. The number of carbonyl (C=O) groups is 1. The van der Waals surface area contributed by atoms with Gasteiger partial charge in [0.2, 0.25) is 5.75 Å². The number of halogens is 2. The molecule has 0 aliphatic heterocycles. The fourth-order valence-electron chi connectivity index (χ4n) is 3.69. The molecular formula is C22H39Cl2N3O4. The molecule has 1 amide bonds. The zero-order valence-electron chi connectivity index (χ0n) is 19.0. The third kappa shape index (κ3) is 10.2. The first-order valence-electron chi connectivity index (χ1n) is 10.7. The molecule has 1 aromatic carbocycles. The van der Waals surface area contributed by atoms with Crippen molar-refractivity contribution >= 4 is 30.7 Å². The van der Waals surface area contributed by atoms with Gasteiger partial charge in [-0.3, -0.25) is 4.79 Å². The first-order valence-corrected chi connectivity index (χ1v) is 10.7. The molecule has 0 atom stereocenters. The van der Waals surface area contributed by atoms with E-state index in [1.54, 1.807) is 19.2 Å². The fraction of sp³-hybridized carbons (Fsp3) is 0.682. The number of hydrogen-bond acceptors (Lipinski definition) is 6. The van der Waals surface area contributed by atoms with Gasteiger partial charge in [0.05, 0.1) is 21.3 Å². The Bertz CT molecular complexity index is 604. The molecule has 7 nitrogen and oxygen atoms in total. The molecule has 0 saturated heterocycles. The average Bonchev–Trinajstić information content (AvgIpc) is 2.77. The predicted octanol–water partition coefficient (Wildman–Crippen LogP) is 3.58. The molecular weight excluding hydrogens is 441 g/mol. The lowest BCUT2D eigenvalue weighted by Crippen LogP contribution is -2.36. The van der Waals surface area contributed by atoms with Crippen molar-refractivity contribution in [2.45, 2.75) is 51.0 Å². The molecule has 1 aromatic rings. The summed E-state index contributed by atoms with van der Waals surface area (Å²) in [6.07, 6.45) is 8.74. The zero-order chi connectivity index (χ0) is 20.9. The van der Waals surface area contributed by atoms with Crippen molar-refractivity contribution in [3.63, 3.8) is 0 Å². The molecule has 1 aliphatic carbocycles. The van der Waals surface area contributed by atoms with Crippen molar-refractivity contribution in [2.75, 3.05) is 47.5 Å². The Hall–Kier alpha value is -1.41. The zero-order valence-corrected chi connectivity index (χ0v) is 20.6. The number of unbranched alkanes of at least 4 members (excludes halogenated alkanes) is 1. The number of benzene rings is 1.